The molecule has 0 radical (unpaired) electrons. The second-order valence-electron chi connectivity index (χ2n) is 5.99. The molecule has 24 heavy (non-hydrogen) atoms. The van der Waals surface area contributed by atoms with Crippen LogP contribution < -0.4 is 10.6 Å². The maximum atomic E-state index is 12.1. The molecule has 0 atom stereocenters. The van der Waals surface area contributed by atoms with E-state index in [0.29, 0.717) is 31.4 Å². The van der Waals surface area contributed by atoms with E-state index in [9.17, 15) is 14.7 Å². The topological polar surface area (TPSA) is 78.4 Å². The monoisotopic (exact) mass is 344 g/mol. The summed E-state index contributed by atoms with van der Waals surface area (Å²) in [5.41, 5.74) is 1.60. The minimum absolute atomic E-state index is 0.0379. The fraction of sp³-hybridized carbons (Fsp3) is 0.333. The SMILES string of the molecule is O=C(Nc1cccc(-c2cccs2)c1)C(=O)NC1CCC(O)CC1. The van der Waals surface area contributed by atoms with Gasteiger partial charge >= 0.3 is 11.8 Å². The number of rotatable bonds is 3. The Kier molecular flexibility index (Phi) is 5.27. The Morgan fingerprint density at radius 1 is 1.04 bits per heavy atom. The second kappa shape index (κ2) is 7.59. The molecule has 1 fully saturated rings. The molecule has 1 aromatic carbocycles. The molecule has 6 heteroatoms. The fourth-order valence-corrected chi connectivity index (χ4v) is 3.58. The van der Waals surface area contributed by atoms with Crippen molar-refractivity contribution in [3.8, 4) is 10.4 Å². The van der Waals surface area contributed by atoms with Crippen LogP contribution in [-0.4, -0.2) is 29.1 Å². The highest BCUT2D eigenvalue weighted by atomic mass is 32.1. The summed E-state index contributed by atoms with van der Waals surface area (Å²) in [6, 6.07) is 11.4. The number of carbonyl (C=O) groups excluding carboxylic acids is 2. The summed E-state index contributed by atoms with van der Waals surface area (Å²) in [4.78, 5) is 25.2. The predicted octanol–water partition coefficient (Wildman–Crippen LogP) is 2.77. The second-order valence-corrected chi connectivity index (χ2v) is 6.94. The quantitative estimate of drug-likeness (QED) is 0.749. The molecule has 3 N–H and O–H groups in total. The van der Waals surface area contributed by atoms with Crippen molar-refractivity contribution >= 4 is 28.8 Å². The average molecular weight is 344 g/mol. The molecule has 1 aliphatic rings. The Balaban J connectivity index is 1.58. The van der Waals surface area contributed by atoms with Crippen LogP contribution in [0.2, 0.25) is 0 Å². The number of aliphatic hydroxyl groups is 1. The lowest BCUT2D eigenvalue weighted by molar-refractivity contribution is -0.136. The van der Waals surface area contributed by atoms with Gasteiger partial charge in [0.25, 0.3) is 0 Å². The van der Waals surface area contributed by atoms with Crippen LogP contribution in [0, 0.1) is 0 Å². The number of nitrogens with one attached hydrogen (secondary N) is 2. The molecule has 126 valence electrons. The molecule has 0 aliphatic heterocycles. The summed E-state index contributed by atoms with van der Waals surface area (Å²) in [6.07, 6.45) is 2.44. The van der Waals surface area contributed by atoms with Gasteiger partial charge in [-0.25, -0.2) is 0 Å². The summed E-state index contributed by atoms with van der Waals surface area (Å²) < 4.78 is 0. The van der Waals surface area contributed by atoms with Crippen LogP contribution in [0.1, 0.15) is 25.7 Å². The van der Waals surface area contributed by atoms with Crippen LogP contribution in [-0.2, 0) is 9.59 Å². The van der Waals surface area contributed by atoms with Crippen LogP contribution >= 0.6 is 11.3 Å². The smallest absolute Gasteiger partial charge is 0.313 e. The molecular weight excluding hydrogens is 324 g/mol. The highest BCUT2D eigenvalue weighted by molar-refractivity contribution is 7.13. The van der Waals surface area contributed by atoms with E-state index in [1.807, 2.05) is 35.7 Å². The van der Waals surface area contributed by atoms with Crippen LogP contribution in [0.5, 0.6) is 0 Å². The first-order chi connectivity index (χ1) is 11.6. The molecule has 2 aromatic rings. The Morgan fingerprint density at radius 2 is 1.83 bits per heavy atom. The van der Waals surface area contributed by atoms with E-state index in [0.717, 1.165) is 10.4 Å². The van der Waals surface area contributed by atoms with E-state index < -0.39 is 11.8 Å². The maximum Gasteiger partial charge on any atom is 0.313 e. The molecule has 0 saturated heterocycles. The number of hydrogen-bond acceptors (Lipinski definition) is 4. The zero-order valence-corrected chi connectivity index (χ0v) is 14.0. The van der Waals surface area contributed by atoms with E-state index in [1.54, 1.807) is 17.4 Å². The minimum Gasteiger partial charge on any atom is -0.393 e. The summed E-state index contributed by atoms with van der Waals surface area (Å²) in [5, 5.41) is 16.9. The maximum absolute atomic E-state index is 12.1. The largest absolute Gasteiger partial charge is 0.393 e. The fourth-order valence-electron chi connectivity index (χ4n) is 2.85. The first-order valence-corrected chi connectivity index (χ1v) is 8.93. The Morgan fingerprint density at radius 3 is 2.54 bits per heavy atom. The van der Waals surface area contributed by atoms with Gasteiger partial charge in [-0.3, -0.25) is 9.59 Å². The molecule has 5 nitrogen and oxygen atoms in total. The molecule has 2 amide bonds. The molecule has 0 unspecified atom stereocenters. The van der Waals surface area contributed by atoms with Gasteiger partial charge in [-0.15, -0.1) is 11.3 Å². The van der Waals surface area contributed by atoms with Crippen molar-refractivity contribution in [1.29, 1.82) is 0 Å². The number of amides is 2. The van der Waals surface area contributed by atoms with Gasteiger partial charge in [0.05, 0.1) is 6.10 Å². The number of benzene rings is 1. The van der Waals surface area contributed by atoms with Crippen molar-refractivity contribution in [2.24, 2.45) is 0 Å². The number of aliphatic hydroxyl groups excluding tert-OH is 1. The zero-order valence-electron chi connectivity index (χ0n) is 13.2. The normalized spacial score (nSPS) is 20.4. The molecule has 1 saturated carbocycles. The van der Waals surface area contributed by atoms with Crippen molar-refractivity contribution < 1.29 is 14.7 Å². The standard InChI is InChI=1S/C18H20N2O3S/c21-15-8-6-13(7-9-15)19-17(22)18(23)20-14-4-1-3-12(11-14)16-5-2-10-24-16/h1-5,10-11,13,15,21H,6-9H2,(H,19,22)(H,20,23). The molecule has 1 heterocycles. The predicted molar refractivity (Wildman–Crippen MR) is 94.8 cm³/mol. The number of carbonyl (C=O) groups is 2. The summed E-state index contributed by atoms with van der Waals surface area (Å²) >= 11 is 1.62. The van der Waals surface area contributed by atoms with Gasteiger partial charge in [0.1, 0.15) is 0 Å². The van der Waals surface area contributed by atoms with Crippen molar-refractivity contribution in [2.45, 2.75) is 37.8 Å². The summed E-state index contributed by atoms with van der Waals surface area (Å²) in [5.74, 6) is -1.29. The summed E-state index contributed by atoms with van der Waals surface area (Å²) in [6.45, 7) is 0. The van der Waals surface area contributed by atoms with Gasteiger partial charge < -0.3 is 15.7 Å². The Bertz CT molecular complexity index is 707. The van der Waals surface area contributed by atoms with Crippen molar-refractivity contribution in [2.75, 3.05) is 5.32 Å². The van der Waals surface area contributed by atoms with Crippen molar-refractivity contribution in [3.05, 3.63) is 41.8 Å². The average Bonchev–Trinajstić information content (AvgIpc) is 3.12. The van der Waals surface area contributed by atoms with E-state index in [2.05, 4.69) is 10.6 Å². The van der Waals surface area contributed by atoms with Crippen molar-refractivity contribution in [1.82, 2.24) is 5.32 Å². The van der Waals surface area contributed by atoms with Gasteiger partial charge in [0, 0.05) is 16.6 Å². The molecule has 1 aliphatic carbocycles. The number of hydrogen-bond donors (Lipinski definition) is 3. The van der Waals surface area contributed by atoms with Crippen LogP contribution in [0.25, 0.3) is 10.4 Å². The number of thiophene rings is 1. The van der Waals surface area contributed by atoms with E-state index in [1.165, 1.54) is 0 Å². The van der Waals surface area contributed by atoms with Gasteiger partial charge in [-0.2, -0.15) is 0 Å². The third kappa shape index (κ3) is 4.21. The third-order valence-corrected chi connectivity index (χ3v) is 5.08. The zero-order chi connectivity index (χ0) is 16.9. The van der Waals surface area contributed by atoms with Gasteiger partial charge in [0.15, 0.2) is 0 Å². The molecule has 0 spiro atoms. The minimum atomic E-state index is -0.663. The lowest BCUT2D eigenvalue weighted by Crippen LogP contribution is -2.43. The molecular formula is C18H20N2O3S. The molecule has 3 rings (SSSR count). The van der Waals surface area contributed by atoms with Crippen LogP contribution in [0.3, 0.4) is 0 Å². The van der Waals surface area contributed by atoms with Crippen LogP contribution in [0.4, 0.5) is 5.69 Å². The molecule has 1 aromatic heterocycles. The van der Waals surface area contributed by atoms with E-state index >= 15 is 0 Å². The van der Waals surface area contributed by atoms with Gasteiger partial charge in [0.2, 0.25) is 0 Å². The lowest BCUT2D eigenvalue weighted by Gasteiger charge is -2.25. The highest BCUT2D eigenvalue weighted by Gasteiger charge is 2.23. The molecule has 0 bridgehead atoms. The lowest BCUT2D eigenvalue weighted by atomic mass is 9.93. The van der Waals surface area contributed by atoms with E-state index in [4.69, 9.17) is 0 Å². The first-order valence-electron chi connectivity index (χ1n) is 8.05. The summed E-state index contributed by atoms with van der Waals surface area (Å²) in [7, 11) is 0. The van der Waals surface area contributed by atoms with Crippen LogP contribution in [0.15, 0.2) is 41.8 Å². The first kappa shape index (κ1) is 16.7. The van der Waals surface area contributed by atoms with Crippen molar-refractivity contribution in [3.63, 3.8) is 0 Å². The Hall–Kier alpha value is -2.18. The van der Waals surface area contributed by atoms with Gasteiger partial charge in [-0.1, -0.05) is 18.2 Å². The van der Waals surface area contributed by atoms with Gasteiger partial charge in [-0.05, 0) is 54.8 Å². The third-order valence-electron chi connectivity index (χ3n) is 4.16. The number of anilines is 1. The van der Waals surface area contributed by atoms with E-state index in [-0.39, 0.29) is 12.1 Å². The Labute approximate surface area is 144 Å². The highest BCUT2D eigenvalue weighted by Crippen LogP contribution is 2.26.